The topological polar surface area (TPSA) is 65.6 Å². The van der Waals surface area contributed by atoms with E-state index < -0.39 is 5.41 Å². The van der Waals surface area contributed by atoms with Gasteiger partial charge in [0, 0.05) is 35.8 Å². The Kier molecular flexibility index (Phi) is 7.57. The Morgan fingerprint density at radius 1 is 1.08 bits per heavy atom. The summed E-state index contributed by atoms with van der Waals surface area (Å²) in [7, 11) is 0. The molecule has 2 aliphatic heterocycles. The van der Waals surface area contributed by atoms with Crippen molar-refractivity contribution in [2.75, 3.05) is 45.9 Å². The molecule has 5 rings (SSSR count). The molecular weight excluding hydrogens is 482 g/mol. The Hall–Kier alpha value is -2.48. The van der Waals surface area contributed by atoms with Gasteiger partial charge in [0.1, 0.15) is 11.1 Å². The number of ether oxygens (including phenoxy) is 1. The van der Waals surface area contributed by atoms with Gasteiger partial charge in [0.05, 0.1) is 24.3 Å². The molecule has 1 amide bonds. The number of carbonyl (C=O) groups excluding carboxylic acids is 2. The number of morpholine rings is 1. The van der Waals surface area contributed by atoms with E-state index in [2.05, 4.69) is 48.0 Å². The molecule has 0 aliphatic carbocycles. The quantitative estimate of drug-likeness (QED) is 0.439. The van der Waals surface area contributed by atoms with Gasteiger partial charge >= 0.3 is 0 Å². The molecule has 0 atom stereocenters. The van der Waals surface area contributed by atoms with Crippen molar-refractivity contribution in [2.45, 2.75) is 52.4 Å². The summed E-state index contributed by atoms with van der Waals surface area (Å²) in [6.45, 7) is 13.9. The van der Waals surface area contributed by atoms with Gasteiger partial charge in [-0.3, -0.25) is 4.79 Å². The van der Waals surface area contributed by atoms with Crippen molar-refractivity contribution in [3.05, 3.63) is 45.8 Å². The zero-order chi connectivity index (χ0) is 26.2. The number of nitrogens with zero attached hydrogens (tertiary/aromatic N) is 2. The monoisotopic (exact) mass is 521 g/mol. The molecule has 2 aliphatic rings. The van der Waals surface area contributed by atoms with Crippen LogP contribution in [0.2, 0.25) is 0 Å². The van der Waals surface area contributed by atoms with E-state index in [4.69, 9.17) is 4.74 Å². The maximum Gasteiger partial charge on any atom is 0.225 e. The van der Waals surface area contributed by atoms with Crippen molar-refractivity contribution in [3.63, 3.8) is 0 Å². The van der Waals surface area contributed by atoms with Crippen LogP contribution in [0, 0.1) is 19.8 Å². The summed E-state index contributed by atoms with van der Waals surface area (Å²) in [5, 5.41) is 1.24. The Balaban J connectivity index is 1.34. The zero-order valence-electron chi connectivity index (χ0n) is 22.6. The second kappa shape index (κ2) is 10.7. The third-order valence-corrected chi connectivity index (χ3v) is 9.37. The molecule has 7 heteroatoms. The van der Waals surface area contributed by atoms with E-state index in [0.29, 0.717) is 19.1 Å². The van der Waals surface area contributed by atoms with Crippen molar-refractivity contribution >= 4 is 33.7 Å². The predicted octanol–water partition coefficient (Wildman–Crippen LogP) is 5.10. The first kappa shape index (κ1) is 26.1. The molecule has 0 saturated carbocycles. The fraction of sp³-hybridized carbons (Fsp3) is 0.533. The molecule has 0 unspecified atom stereocenters. The van der Waals surface area contributed by atoms with Gasteiger partial charge in [-0.2, -0.15) is 0 Å². The minimum atomic E-state index is -0.489. The average molecular weight is 522 g/mol. The van der Waals surface area contributed by atoms with E-state index in [0.717, 1.165) is 68.0 Å². The summed E-state index contributed by atoms with van der Waals surface area (Å²) < 4.78 is 5.41. The van der Waals surface area contributed by atoms with Gasteiger partial charge in [-0.15, -0.1) is 11.3 Å². The normalized spacial score (nSPS) is 18.0. The number of carbonyl (C=O) groups is 2. The molecule has 2 saturated heterocycles. The molecule has 1 N–H and O–H groups in total. The van der Waals surface area contributed by atoms with Gasteiger partial charge in [0.25, 0.3) is 0 Å². The van der Waals surface area contributed by atoms with Gasteiger partial charge in [0.2, 0.25) is 5.91 Å². The molecule has 4 heterocycles. The van der Waals surface area contributed by atoms with Crippen LogP contribution in [0.4, 0.5) is 0 Å². The Morgan fingerprint density at radius 3 is 2.41 bits per heavy atom. The number of likely N-dealkylation sites (tertiary alicyclic amines) is 1. The van der Waals surface area contributed by atoms with E-state index in [-0.39, 0.29) is 5.92 Å². The largest absolute Gasteiger partial charge is 0.378 e. The van der Waals surface area contributed by atoms with E-state index in [1.165, 1.54) is 33.3 Å². The maximum absolute atomic E-state index is 12.9. The molecular formula is C30H39N3O3S. The van der Waals surface area contributed by atoms with Crippen LogP contribution in [0.25, 0.3) is 21.5 Å². The van der Waals surface area contributed by atoms with Gasteiger partial charge in [-0.25, -0.2) is 0 Å². The zero-order valence-corrected chi connectivity index (χ0v) is 23.4. The number of aromatic nitrogens is 1. The number of hydrogen-bond donors (Lipinski definition) is 1. The highest BCUT2D eigenvalue weighted by atomic mass is 32.1. The summed E-state index contributed by atoms with van der Waals surface area (Å²) in [5.41, 5.74) is 5.78. The maximum atomic E-state index is 12.9. The number of piperidine rings is 1. The van der Waals surface area contributed by atoms with Crippen LogP contribution >= 0.6 is 11.3 Å². The molecule has 2 fully saturated rings. The second-order valence-electron chi connectivity index (χ2n) is 11.4. The highest BCUT2D eigenvalue weighted by molar-refractivity contribution is 7.19. The lowest BCUT2D eigenvalue weighted by Gasteiger charge is -2.35. The SMILES string of the molecule is Cc1cc(C)cc(-c2[nH]c3sc(C(C)(C)C=O)cc3c2CCN2CCC(C(=O)N3CCOCC3)CC2)c1. The third kappa shape index (κ3) is 5.54. The van der Waals surface area contributed by atoms with Crippen LogP contribution < -0.4 is 0 Å². The molecule has 1 aromatic carbocycles. The van der Waals surface area contributed by atoms with Crippen LogP contribution in [0.1, 0.15) is 48.3 Å². The number of benzene rings is 1. The summed E-state index contributed by atoms with van der Waals surface area (Å²) in [6, 6.07) is 8.94. The summed E-state index contributed by atoms with van der Waals surface area (Å²) >= 11 is 1.69. The van der Waals surface area contributed by atoms with Gasteiger partial charge in [0.15, 0.2) is 0 Å². The molecule has 3 aromatic rings. The third-order valence-electron chi connectivity index (χ3n) is 7.98. The van der Waals surface area contributed by atoms with E-state index in [9.17, 15) is 9.59 Å². The Labute approximate surface area is 224 Å². The van der Waals surface area contributed by atoms with Crippen molar-refractivity contribution in [2.24, 2.45) is 5.92 Å². The van der Waals surface area contributed by atoms with Crippen LogP contribution in [0.3, 0.4) is 0 Å². The molecule has 6 nitrogen and oxygen atoms in total. The number of aryl methyl sites for hydroxylation is 2. The Morgan fingerprint density at radius 2 is 1.76 bits per heavy atom. The Bertz CT molecular complexity index is 1260. The first-order chi connectivity index (χ1) is 17.7. The smallest absolute Gasteiger partial charge is 0.225 e. The van der Waals surface area contributed by atoms with Crippen LogP contribution in [-0.4, -0.2) is 72.9 Å². The number of H-pyrrole nitrogens is 1. The highest BCUT2D eigenvalue weighted by Gasteiger charge is 2.30. The fourth-order valence-electron chi connectivity index (χ4n) is 5.75. The number of thiophene rings is 1. The van der Waals surface area contributed by atoms with E-state index >= 15 is 0 Å². The molecule has 0 radical (unpaired) electrons. The molecule has 37 heavy (non-hydrogen) atoms. The van der Waals surface area contributed by atoms with Gasteiger partial charge in [-0.1, -0.05) is 17.2 Å². The number of amides is 1. The van der Waals surface area contributed by atoms with E-state index in [1.807, 2.05) is 18.7 Å². The number of aromatic amines is 1. The van der Waals surface area contributed by atoms with Gasteiger partial charge in [-0.05, 0) is 89.4 Å². The first-order valence-electron chi connectivity index (χ1n) is 13.5. The number of nitrogens with one attached hydrogen (secondary N) is 1. The minimum absolute atomic E-state index is 0.143. The van der Waals surface area contributed by atoms with Crippen molar-refractivity contribution in [1.29, 1.82) is 0 Å². The summed E-state index contributed by atoms with van der Waals surface area (Å²) in [4.78, 5) is 35.1. The van der Waals surface area contributed by atoms with Crippen LogP contribution in [0.5, 0.6) is 0 Å². The molecule has 2 aromatic heterocycles. The van der Waals surface area contributed by atoms with Crippen molar-refractivity contribution in [1.82, 2.24) is 14.8 Å². The number of fused-ring (bicyclic) bond motifs is 1. The van der Waals surface area contributed by atoms with Crippen LogP contribution in [-0.2, 0) is 26.2 Å². The molecule has 0 bridgehead atoms. The minimum Gasteiger partial charge on any atom is -0.378 e. The molecule has 198 valence electrons. The predicted molar refractivity (Wildman–Crippen MR) is 150 cm³/mol. The number of rotatable bonds is 7. The second-order valence-corrected chi connectivity index (χ2v) is 12.4. The standard InChI is InChI=1S/C30H39N3O3S/c1-20-15-21(2)17-23(16-20)27-24(25-18-26(30(3,4)19-34)37-28(25)31-27)7-10-32-8-5-22(6-9-32)29(35)33-11-13-36-14-12-33/h15-19,22,31H,5-14H2,1-4H3. The van der Waals surface area contributed by atoms with E-state index in [1.54, 1.807) is 11.3 Å². The van der Waals surface area contributed by atoms with Crippen LogP contribution in [0.15, 0.2) is 24.3 Å². The highest BCUT2D eigenvalue weighted by Crippen LogP contribution is 2.40. The van der Waals surface area contributed by atoms with Crippen molar-refractivity contribution < 1.29 is 14.3 Å². The fourth-order valence-corrected chi connectivity index (χ4v) is 6.90. The summed E-state index contributed by atoms with van der Waals surface area (Å²) in [6.07, 6.45) is 3.84. The molecule has 0 spiro atoms. The number of hydrogen-bond acceptors (Lipinski definition) is 5. The summed E-state index contributed by atoms with van der Waals surface area (Å²) in [5.74, 6) is 0.458. The van der Waals surface area contributed by atoms with Crippen molar-refractivity contribution in [3.8, 4) is 11.3 Å². The first-order valence-corrected chi connectivity index (χ1v) is 14.4. The lowest BCUT2D eigenvalue weighted by atomic mass is 9.92. The average Bonchev–Trinajstić information content (AvgIpc) is 3.46. The lowest BCUT2D eigenvalue weighted by molar-refractivity contribution is -0.141. The van der Waals surface area contributed by atoms with Gasteiger partial charge < -0.3 is 24.3 Å². The lowest BCUT2D eigenvalue weighted by Crippen LogP contribution is -2.47. The number of aldehydes is 1.